The first kappa shape index (κ1) is 54.9. The molecule has 0 aromatic rings. The molecule has 57 heavy (non-hydrogen) atoms. The number of esters is 3. The predicted octanol–water partition coefficient (Wildman–Crippen LogP) is 16.0. The van der Waals surface area contributed by atoms with Crippen LogP contribution in [0.1, 0.15) is 265 Å². The molecule has 0 rings (SSSR count). The van der Waals surface area contributed by atoms with Crippen LogP contribution in [0.4, 0.5) is 0 Å². The third kappa shape index (κ3) is 44.8. The number of carbonyl (C=O) groups is 3. The van der Waals surface area contributed by atoms with Crippen LogP contribution in [0.25, 0.3) is 0 Å². The maximum Gasteiger partial charge on any atom is 0.306 e. The molecule has 0 saturated carbocycles. The van der Waals surface area contributed by atoms with E-state index in [1.807, 2.05) is 0 Å². The lowest BCUT2D eigenvalue weighted by molar-refractivity contribution is -0.167. The SMILES string of the molecule is CCCCC/C=C\C=C/CCCCCCCCC(=O)OCC(COC(=O)CCCCCCCCCCCCC)OC(=O)CCCCCCCCCCCCCCC. The van der Waals surface area contributed by atoms with Crippen LogP contribution in [0.3, 0.4) is 0 Å². The van der Waals surface area contributed by atoms with Crippen molar-refractivity contribution in [2.75, 3.05) is 13.2 Å². The highest BCUT2D eigenvalue weighted by molar-refractivity contribution is 5.71. The molecule has 1 unspecified atom stereocenters. The van der Waals surface area contributed by atoms with E-state index in [2.05, 4.69) is 45.1 Å². The van der Waals surface area contributed by atoms with Crippen LogP contribution in [0.5, 0.6) is 0 Å². The lowest BCUT2D eigenvalue weighted by atomic mass is 10.0. The van der Waals surface area contributed by atoms with Gasteiger partial charge in [0.15, 0.2) is 6.10 Å². The summed E-state index contributed by atoms with van der Waals surface area (Å²) in [4.78, 5) is 37.8. The molecule has 6 nitrogen and oxygen atoms in total. The topological polar surface area (TPSA) is 78.9 Å². The molecule has 0 N–H and O–H groups in total. The van der Waals surface area contributed by atoms with Gasteiger partial charge in [-0.05, 0) is 44.9 Å². The predicted molar refractivity (Wildman–Crippen MR) is 243 cm³/mol. The van der Waals surface area contributed by atoms with Crippen LogP contribution >= 0.6 is 0 Å². The summed E-state index contributed by atoms with van der Waals surface area (Å²) in [5.41, 5.74) is 0. The zero-order valence-electron chi connectivity index (χ0n) is 38.1. The molecule has 1 atom stereocenters. The molecule has 0 aliphatic heterocycles. The number of hydrogen-bond donors (Lipinski definition) is 0. The molecule has 0 aromatic heterocycles. The van der Waals surface area contributed by atoms with Crippen LogP contribution in [0.2, 0.25) is 0 Å². The molecule has 6 heteroatoms. The van der Waals surface area contributed by atoms with Crippen molar-refractivity contribution in [3.8, 4) is 0 Å². The van der Waals surface area contributed by atoms with E-state index >= 15 is 0 Å². The minimum absolute atomic E-state index is 0.0705. The molecule has 0 heterocycles. The Bertz CT molecular complexity index is 927. The van der Waals surface area contributed by atoms with Crippen molar-refractivity contribution in [3.63, 3.8) is 0 Å². The Labute approximate surface area is 353 Å². The van der Waals surface area contributed by atoms with Crippen molar-refractivity contribution in [1.82, 2.24) is 0 Å². The molecule has 0 fully saturated rings. The number of carbonyl (C=O) groups excluding carboxylic acids is 3. The van der Waals surface area contributed by atoms with E-state index in [9.17, 15) is 14.4 Å². The van der Waals surface area contributed by atoms with Gasteiger partial charge in [-0.2, -0.15) is 0 Å². The smallest absolute Gasteiger partial charge is 0.306 e. The monoisotopic (exact) mass is 803 g/mol. The van der Waals surface area contributed by atoms with Crippen LogP contribution in [0.15, 0.2) is 24.3 Å². The van der Waals surface area contributed by atoms with Crippen molar-refractivity contribution >= 4 is 17.9 Å². The Kier molecular flexibility index (Phi) is 44.9. The van der Waals surface area contributed by atoms with Gasteiger partial charge in [0, 0.05) is 19.3 Å². The Balaban J connectivity index is 4.35. The summed E-state index contributed by atoms with van der Waals surface area (Å²) in [7, 11) is 0. The van der Waals surface area contributed by atoms with Crippen molar-refractivity contribution in [3.05, 3.63) is 24.3 Å². The highest BCUT2D eigenvalue weighted by Crippen LogP contribution is 2.15. The van der Waals surface area contributed by atoms with Crippen LogP contribution in [0, 0.1) is 0 Å². The van der Waals surface area contributed by atoms with Crippen LogP contribution in [-0.2, 0) is 28.6 Å². The van der Waals surface area contributed by atoms with E-state index < -0.39 is 6.10 Å². The zero-order valence-corrected chi connectivity index (χ0v) is 38.1. The van der Waals surface area contributed by atoms with Crippen LogP contribution < -0.4 is 0 Å². The minimum atomic E-state index is -0.768. The Morgan fingerprint density at radius 1 is 0.351 bits per heavy atom. The number of hydrogen-bond acceptors (Lipinski definition) is 6. The standard InChI is InChI=1S/C51H94O6/c1-4-7-10-13-16-19-22-24-25-27-29-32-35-38-41-44-50(53)56-47-48(46-55-49(52)43-40-37-34-31-28-21-18-15-12-9-6-3)57-51(54)45-42-39-36-33-30-26-23-20-17-14-11-8-5-2/h16,19,22,24,48H,4-15,17-18,20-21,23,25-47H2,1-3H3/b19-16-,24-22-. The van der Waals surface area contributed by atoms with Crippen molar-refractivity contribution in [2.45, 2.75) is 271 Å². The molecule has 0 aliphatic carbocycles. The molecule has 0 radical (unpaired) electrons. The number of ether oxygens (including phenoxy) is 3. The van der Waals surface area contributed by atoms with Crippen molar-refractivity contribution in [1.29, 1.82) is 0 Å². The molecule has 0 aromatic carbocycles. The van der Waals surface area contributed by atoms with Gasteiger partial charge >= 0.3 is 17.9 Å². The Morgan fingerprint density at radius 2 is 0.614 bits per heavy atom. The summed E-state index contributed by atoms with van der Waals surface area (Å²) in [5.74, 6) is -0.872. The fourth-order valence-corrected chi connectivity index (χ4v) is 7.20. The first-order chi connectivity index (χ1) is 28.0. The summed E-state index contributed by atoms with van der Waals surface area (Å²) >= 11 is 0. The van der Waals surface area contributed by atoms with E-state index in [0.29, 0.717) is 19.3 Å². The van der Waals surface area contributed by atoms with Crippen LogP contribution in [-0.4, -0.2) is 37.2 Å². The van der Waals surface area contributed by atoms with E-state index in [4.69, 9.17) is 14.2 Å². The molecule has 0 saturated heterocycles. The zero-order chi connectivity index (χ0) is 41.5. The third-order valence-electron chi connectivity index (χ3n) is 11.0. The van der Waals surface area contributed by atoms with E-state index in [0.717, 1.165) is 64.2 Å². The Morgan fingerprint density at radius 3 is 0.965 bits per heavy atom. The van der Waals surface area contributed by atoms with E-state index in [1.165, 1.54) is 161 Å². The quantitative estimate of drug-likeness (QED) is 0.0264. The molecule has 334 valence electrons. The third-order valence-corrected chi connectivity index (χ3v) is 11.0. The van der Waals surface area contributed by atoms with Gasteiger partial charge in [-0.25, -0.2) is 0 Å². The molecule has 0 amide bonds. The van der Waals surface area contributed by atoms with Gasteiger partial charge in [0.1, 0.15) is 13.2 Å². The molecular formula is C51H94O6. The minimum Gasteiger partial charge on any atom is -0.462 e. The average Bonchev–Trinajstić information content (AvgIpc) is 3.21. The fourth-order valence-electron chi connectivity index (χ4n) is 7.20. The van der Waals surface area contributed by atoms with Gasteiger partial charge in [-0.3, -0.25) is 14.4 Å². The average molecular weight is 803 g/mol. The summed E-state index contributed by atoms with van der Waals surface area (Å²) in [6.07, 6.45) is 51.5. The summed E-state index contributed by atoms with van der Waals surface area (Å²) in [6.45, 7) is 6.61. The van der Waals surface area contributed by atoms with Crippen molar-refractivity contribution in [2.24, 2.45) is 0 Å². The Hall–Kier alpha value is -2.11. The molecule has 0 spiro atoms. The second-order valence-electron chi connectivity index (χ2n) is 16.8. The fraction of sp³-hybridized carbons (Fsp3) is 0.863. The highest BCUT2D eigenvalue weighted by Gasteiger charge is 2.19. The van der Waals surface area contributed by atoms with Gasteiger partial charge in [0.2, 0.25) is 0 Å². The molecule has 0 aliphatic rings. The van der Waals surface area contributed by atoms with E-state index in [-0.39, 0.29) is 31.1 Å². The summed E-state index contributed by atoms with van der Waals surface area (Å²) in [6, 6.07) is 0. The summed E-state index contributed by atoms with van der Waals surface area (Å²) < 4.78 is 16.8. The normalized spacial score (nSPS) is 12.1. The van der Waals surface area contributed by atoms with Gasteiger partial charge in [-0.1, -0.05) is 225 Å². The largest absolute Gasteiger partial charge is 0.462 e. The lowest BCUT2D eigenvalue weighted by Crippen LogP contribution is -2.30. The van der Waals surface area contributed by atoms with Crippen molar-refractivity contribution < 1.29 is 28.6 Å². The molecular weight excluding hydrogens is 709 g/mol. The van der Waals surface area contributed by atoms with Gasteiger partial charge in [-0.15, -0.1) is 0 Å². The second-order valence-corrected chi connectivity index (χ2v) is 16.8. The van der Waals surface area contributed by atoms with Gasteiger partial charge in [0.05, 0.1) is 0 Å². The van der Waals surface area contributed by atoms with Gasteiger partial charge < -0.3 is 14.2 Å². The first-order valence-electron chi connectivity index (χ1n) is 24.9. The maximum atomic E-state index is 12.7. The van der Waals surface area contributed by atoms with E-state index in [1.54, 1.807) is 0 Å². The number of rotatable bonds is 45. The molecule has 0 bridgehead atoms. The van der Waals surface area contributed by atoms with Gasteiger partial charge in [0.25, 0.3) is 0 Å². The maximum absolute atomic E-state index is 12.7. The second kappa shape index (κ2) is 46.6. The number of unbranched alkanes of at least 4 members (excludes halogenated alkanes) is 31. The lowest BCUT2D eigenvalue weighted by Gasteiger charge is -2.18. The number of allylic oxidation sites excluding steroid dienone is 4. The highest BCUT2D eigenvalue weighted by atomic mass is 16.6. The first-order valence-corrected chi connectivity index (χ1v) is 24.9. The summed E-state index contributed by atoms with van der Waals surface area (Å²) in [5, 5.41) is 0.